The second kappa shape index (κ2) is 7.65. The molecule has 19 heavy (non-hydrogen) atoms. The summed E-state index contributed by atoms with van der Waals surface area (Å²) in [5, 5.41) is 8.85. The van der Waals surface area contributed by atoms with Crippen molar-refractivity contribution in [2.24, 2.45) is 5.92 Å². The van der Waals surface area contributed by atoms with Crippen LogP contribution in [0.15, 0.2) is 22.7 Å². The van der Waals surface area contributed by atoms with E-state index in [2.05, 4.69) is 46.0 Å². The molecule has 0 radical (unpaired) electrons. The Labute approximate surface area is 123 Å². The van der Waals surface area contributed by atoms with Crippen molar-refractivity contribution in [3.63, 3.8) is 0 Å². The molecule has 0 amide bonds. The number of likely N-dealkylation sites (N-methyl/N-ethyl adjacent to an activating group) is 1. The largest absolute Gasteiger partial charge is 0.481 e. The summed E-state index contributed by atoms with van der Waals surface area (Å²) in [5.41, 5.74) is 2.64. The fraction of sp³-hybridized carbons (Fsp3) is 0.533. The lowest BCUT2D eigenvalue weighted by Crippen LogP contribution is -2.25. The average molecular weight is 328 g/mol. The van der Waals surface area contributed by atoms with E-state index < -0.39 is 5.97 Å². The van der Waals surface area contributed by atoms with E-state index in [1.165, 1.54) is 11.1 Å². The molecule has 1 aromatic carbocycles. The van der Waals surface area contributed by atoms with E-state index in [4.69, 9.17) is 5.11 Å². The molecule has 1 rings (SSSR count). The van der Waals surface area contributed by atoms with Gasteiger partial charge < -0.3 is 10.0 Å². The number of hydrogen-bond donors (Lipinski definition) is 1. The maximum atomic E-state index is 10.7. The highest BCUT2D eigenvalue weighted by Crippen LogP contribution is 2.16. The lowest BCUT2D eigenvalue weighted by atomic mass is 10.1. The zero-order valence-corrected chi connectivity index (χ0v) is 13.4. The molecule has 3 nitrogen and oxygen atoms in total. The fourth-order valence-electron chi connectivity index (χ4n) is 1.87. The molecule has 4 heteroatoms. The van der Waals surface area contributed by atoms with Crippen LogP contribution in [0.4, 0.5) is 0 Å². The highest BCUT2D eigenvalue weighted by molar-refractivity contribution is 9.10. The molecule has 0 fully saturated rings. The van der Waals surface area contributed by atoms with Crippen LogP contribution in [0.3, 0.4) is 0 Å². The number of hydrogen-bond acceptors (Lipinski definition) is 2. The Balaban J connectivity index is 2.39. The molecule has 0 bridgehead atoms. The number of carbonyl (C=O) groups is 1. The van der Waals surface area contributed by atoms with Gasteiger partial charge in [-0.15, -0.1) is 0 Å². The van der Waals surface area contributed by atoms with Gasteiger partial charge in [0.1, 0.15) is 0 Å². The summed E-state index contributed by atoms with van der Waals surface area (Å²) < 4.78 is 1.11. The van der Waals surface area contributed by atoms with Crippen molar-refractivity contribution in [3.8, 4) is 0 Å². The number of benzene rings is 1. The molecule has 0 spiro atoms. The molecule has 0 aliphatic heterocycles. The number of nitrogens with zero attached hydrogens (tertiary/aromatic N) is 1. The molecule has 106 valence electrons. The van der Waals surface area contributed by atoms with Crippen molar-refractivity contribution in [1.29, 1.82) is 0 Å². The highest BCUT2D eigenvalue weighted by atomic mass is 79.9. The van der Waals surface area contributed by atoms with E-state index in [-0.39, 0.29) is 5.92 Å². The second-order valence-corrected chi connectivity index (χ2v) is 6.07. The fourth-order valence-corrected chi connectivity index (χ4v) is 2.28. The van der Waals surface area contributed by atoms with Crippen molar-refractivity contribution in [3.05, 3.63) is 33.8 Å². The summed E-state index contributed by atoms with van der Waals surface area (Å²) in [4.78, 5) is 12.9. The Morgan fingerprint density at radius 3 is 2.74 bits per heavy atom. The number of carboxylic acids is 1. The first-order valence-electron chi connectivity index (χ1n) is 6.56. The first-order chi connectivity index (χ1) is 8.90. The standard InChI is InChI=1S/C15H22BrNO2/c1-11-4-5-14(16)10-13(11)7-9-17(3)8-6-12(2)15(18)19/h4-5,10,12H,6-9H2,1-3H3,(H,18,19). The Bertz CT molecular complexity index is 434. The summed E-state index contributed by atoms with van der Waals surface area (Å²) in [6, 6.07) is 6.33. The maximum absolute atomic E-state index is 10.7. The molecule has 0 saturated carbocycles. The summed E-state index contributed by atoms with van der Waals surface area (Å²) in [7, 11) is 2.04. The third-order valence-corrected chi connectivity index (χ3v) is 3.93. The van der Waals surface area contributed by atoms with Gasteiger partial charge in [-0.25, -0.2) is 0 Å². The summed E-state index contributed by atoms with van der Waals surface area (Å²) >= 11 is 3.49. The predicted molar refractivity (Wildman–Crippen MR) is 81.5 cm³/mol. The van der Waals surface area contributed by atoms with E-state index in [0.717, 1.165) is 24.0 Å². The van der Waals surface area contributed by atoms with Crippen molar-refractivity contribution >= 4 is 21.9 Å². The third-order valence-electron chi connectivity index (χ3n) is 3.44. The van der Waals surface area contributed by atoms with Gasteiger partial charge in [-0.2, -0.15) is 0 Å². The monoisotopic (exact) mass is 327 g/mol. The average Bonchev–Trinajstić information content (AvgIpc) is 2.36. The molecule has 0 aliphatic carbocycles. The number of halogens is 1. The second-order valence-electron chi connectivity index (χ2n) is 5.15. The zero-order valence-electron chi connectivity index (χ0n) is 11.8. The molecule has 1 atom stereocenters. The van der Waals surface area contributed by atoms with E-state index in [9.17, 15) is 4.79 Å². The molecule has 0 saturated heterocycles. The van der Waals surface area contributed by atoms with Crippen molar-refractivity contribution < 1.29 is 9.90 Å². The SMILES string of the molecule is Cc1ccc(Br)cc1CCN(C)CCC(C)C(=O)O. The normalized spacial score (nSPS) is 12.7. The molecule has 0 aromatic heterocycles. The zero-order chi connectivity index (χ0) is 14.4. The first kappa shape index (κ1) is 16.2. The highest BCUT2D eigenvalue weighted by Gasteiger charge is 2.11. The topological polar surface area (TPSA) is 40.5 Å². The van der Waals surface area contributed by atoms with Gasteiger partial charge in [0.15, 0.2) is 0 Å². The first-order valence-corrected chi connectivity index (χ1v) is 7.36. The Morgan fingerprint density at radius 2 is 2.11 bits per heavy atom. The van der Waals surface area contributed by atoms with Gasteiger partial charge in [0, 0.05) is 11.0 Å². The van der Waals surface area contributed by atoms with Crippen LogP contribution in [-0.4, -0.2) is 36.1 Å². The third kappa shape index (κ3) is 5.74. The van der Waals surface area contributed by atoms with E-state index in [1.54, 1.807) is 6.92 Å². The lowest BCUT2D eigenvalue weighted by Gasteiger charge is -2.18. The molecule has 0 aliphatic rings. The number of aliphatic carboxylic acids is 1. The molecule has 0 heterocycles. The van der Waals surface area contributed by atoms with Crippen molar-refractivity contribution in [2.45, 2.75) is 26.7 Å². The van der Waals surface area contributed by atoms with Crippen LogP contribution in [0.1, 0.15) is 24.5 Å². The van der Waals surface area contributed by atoms with Gasteiger partial charge in [-0.3, -0.25) is 4.79 Å². The summed E-state index contributed by atoms with van der Waals surface area (Å²) in [6.45, 7) is 5.65. The van der Waals surface area contributed by atoms with E-state index in [0.29, 0.717) is 6.42 Å². The predicted octanol–water partition coefficient (Wildman–Crippen LogP) is 3.34. The molecular weight excluding hydrogens is 306 g/mol. The molecule has 1 aromatic rings. The van der Waals surface area contributed by atoms with Crippen molar-refractivity contribution in [2.75, 3.05) is 20.1 Å². The smallest absolute Gasteiger partial charge is 0.306 e. The lowest BCUT2D eigenvalue weighted by molar-refractivity contribution is -0.141. The van der Waals surface area contributed by atoms with Gasteiger partial charge in [-0.05, 0) is 56.6 Å². The minimum absolute atomic E-state index is 0.268. The van der Waals surface area contributed by atoms with Gasteiger partial charge in [-0.1, -0.05) is 28.9 Å². The van der Waals surface area contributed by atoms with Crippen molar-refractivity contribution in [1.82, 2.24) is 4.90 Å². The van der Waals surface area contributed by atoms with Gasteiger partial charge >= 0.3 is 5.97 Å². The van der Waals surface area contributed by atoms with Crippen LogP contribution >= 0.6 is 15.9 Å². The molecule has 1 N–H and O–H groups in total. The van der Waals surface area contributed by atoms with E-state index >= 15 is 0 Å². The summed E-state index contributed by atoms with van der Waals surface area (Å²) in [5.74, 6) is -0.980. The van der Waals surface area contributed by atoms with Crippen LogP contribution in [0.5, 0.6) is 0 Å². The minimum Gasteiger partial charge on any atom is -0.481 e. The Kier molecular flexibility index (Phi) is 6.52. The van der Waals surface area contributed by atoms with Gasteiger partial charge in [0.05, 0.1) is 5.92 Å². The summed E-state index contributed by atoms with van der Waals surface area (Å²) in [6.07, 6.45) is 1.69. The van der Waals surface area contributed by atoms with Gasteiger partial charge in [0.2, 0.25) is 0 Å². The number of rotatable bonds is 7. The molecular formula is C15H22BrNO2. The van der Waals surface area contributed by atoms with Crippen LogP contribution in [0.2, 0.25) is 0 Å². The maximum Gasteiger partial charge on any atom is 0.306 e. The Hall–Kier alpha value is -0.870. The quantitative estimate of drug-likeness (QED) is 0.834. The van der Waals surface area contributed by atoms with Crippen LogP contribution in [0.25, 0.3) is 0 Å². The minimum atomic E-state index is -0.712. The number of aryl methyl sites for hydroxylation is 1. The Morgan fingerprint density at radius 1 is 1.42 bits per heavy atom. The van der Waals surface area contributed by atoms with Crippen LogP contribution < -0.4 is 0 Å². The van der Waals surface area contributed by atoms with Crippen LogP contribution in [0, 0.1) is 12.8 Å². The molecule has 1 unspecified atom stereocenters. The number of carboxylic acid groups (broad SMARTS) is 1. The van der Waals surface area contributed by atoms with E-state index in [1.807, 2.05) is 7.05 Å². The van der Waals surface area contributed by atoms with Gasteiger partial charge in [0.25, 0.3) is 0 Å². The van der Waals surface area contributed by atoms with Crippen LogP contribution in [-0.2, 0) is 11.2 Å².